The van der Waals surface area contributed by atoms with Gasteiger partial charge in [-0.15, -0.1) is 11.8 Å². The Balaban J connectivity index is 2.32. The quantitative estimate of drug-likeness (QED) is 0.748. The van der Waals surface area contributed by atoms with Crippen molar-refractivity contribution in [2.75, 3.05) is 24.6 Å². The lowest BCUT2D eigenvalue weighted by Gasteiger charge is -2.35. The van der Waals surface area contributed by atoms with Crippen LogP contribution in [0.15, 0.2) is 0 Å². The fourth-order valence-corrected chi connectivity index (χ4v) is 2.37. The molecule has 0 radical (unpaired) electrons. The number of carbonyl (C=O) groups excluding carboxylic acids is 2. The van der Waals surface area contributed by atoms with Crippen LogP contribution in [0.3, 0.4) is 0 Å². The van der Waals surface area contributed by atoms with Crippen LogP contribution in [0.4, 0.5) is 0 Å². The average Bonchev–Trinajstić information content (AvgIpc) is 2.15. The van der Waals surface area contributed by atoms with Crippen LogP contribution in [0, 0.1) is 0 Å². The molecule has 1 fully saturated rings. The van der Waals surface area contributed by atoms with Crippen molar-refractivity contribution in [1.82, 2.24) is 4.90 Å². The number of hydrogen-bond donors (Lipinski definition) is 1. The van der Waals surface area contributed by atoms with Gasteiger partial charge in [0.05, 0.1) is 23.7 Å². The second kappa shape index (κ2) is 6.10. The number of morpholine rings is 1. The molecule has 0 aliphatic carbocycles. The Morgan fingerprint density at radius 1 is 1.31 bits per heavy atom. The highest BCUT2D eigenvalue weighted by atomic mass is 32.2. The van der Waals surface area contributed by atoms with Crippen LogP contribution in [0.1, 0.15) is 13.8 Å². The summed E-state index contributed by atoms with van der Waals surface area (Å²) in [7, 11) is 0. The third-order valence-corrected chi connectivity index (χ3v) is 3.18. The summed E-state index contributed by atoms with van der Waals surface area (Å²) in [6.45, 7) is 5.15. The molecular formula is C10H18N2O3S. The Hall–Kier alpha value is -0.750. The van der Waals surface area contributed by atoms with Gasteiger partial charge in [-0.05, 0) is 13.8 Å². The van der Waals surface area contributed by atoms with Gasteiger partial charge in [-0.2, -0.15) is 0 Å². The topological polar surface area (TPSA) is 72.6 Å². The zero-order valence-corrected chi connectivity index (χ0v) is 10.5. The molecular weight excluding hydrogens is 228 g/mol. The molecule has 0 aromatic rings. The third kappa shape index (κ3) is 4.40. The maximum atomic E-state index is 11.8. The summed E-state index contributed by atoms with van der Waals surface area (Å²) in [6.07, 6.45) is 0.155. The highest BCUT2D eigenvalue weighted by Crippen LogP contribution is 2.12. The first-order chi connectivity index (χ1) is 7.49. The molecule has 1 heterocycles. The first kappa shape index (κ1) is 13.3. The summed E-state index contributed by atoms with van der Waals surface area (Å²) in [5, 5.41) is 0. The zero-order chi connectivity index (χ0) is 12.1. The zero-order valence-electron chi connectivity index (χ0n) is 9.64. The van der Waals surface area contributed by atoms with Crippen LogP contribution in [-0.2, 0) is 14.3 Å². The number of ether oxygens (including phenoxy) is 1. The van der Waals surface area contributed by atoms with Crippen molar-refractivity contribution in [2.24, 2.45) is 5.73 Å². The number of hydrogen-bond acceptors (Lipinski definition) is 4. The summed E-state index contributed by atoms with van der Waals surface area (Å²) >= 11 is 1.26. The van der Waals surface area contributed by atoms with Gasteiger partial charge in [0, 0.05) is 13.1 Å². The van der Waals surface area contributed by atoms with Crippen LogP contribution in [0.25, 0.3) is 0 Å². The summed E-state index contributed by atoms with van der Waals surface area (Å²) in [4.78, 5) is 24.1. The van der Waals surface area contributed by atoms with E-state index in [9.17, 15) is 9.59 Å². The standard InChI is InChI=1S/C10H18N2O3S/c1-7-3-12(4-8(2)15-7)10(14)6-16-5-9(11)13/h7-8H,3-6H2,1-2H3,(H2,11,13)/t7-,8+. The highest BCUT2D eigenvalue weighted by Gasteiger charge is 2.25. The third-order valence-electron chi connectivity index (χ3n) is 2.24. The number of amides is 2. The minimum Gasteiger partial charge on any atom is -0.372 e. The van der Waals surface area contributed by atoms with E-state index in [1.165, 1.54) is 11.8 Å². The number of primary amides is 1. The predicted octanol–water partition coefficient (Wildman–Crippen LogP) is -0.159. The first-order valence-corrected chi connectivity index (χ1v) is 6.43. The van der Waals surface area contributed by atoms with E-state index in [1.807, 2.05) is 13.8 Å². The molecule has 92 valence electrons. The molecule has 0 bridgehead atoms. The number of nitrogens with zero attached hydrogens (tertiary/aromatic N) is 1. The second-order valence-corrected chi connectivity index (χ2v) is 5.00. The van der Waals surface area contributed by atoms with Crippen molar-refractivity contribution in [3.63, 3.8) is 0 Å². The van der Waals surface area contributed by atoms with Crippen molar-refractivity contribution >= 4 is 23.6 Å². The van der Waals surface area contributed by atoms with E-state index in [1.54, 1.807) is 4.90 Å². The summed E-state index contributed by atoms with van der Waals surface area (Å²) in [6, 6.07) is 0. The molecule has 0 aromatic heterocycles. The van der Waals surface area contributed by atoms with E-state index in [-0.39, 0.29) is 29.8 Å². The molecule has 0 saturated carbocycles. The molecule has 5 nitrogen and oxygen atoms in total. The monoisotopic (exact) mass is 246 g/mol. The lowest BCUT2D eigenvalue weighted by molar-refractivity contribution is -0.140. The van der Waals surface area contributed by atoms with E-state index in [0.717, 1.165) is 0 Å². The van der Waals surface area contributed by atoms with E-state index < -0.39 is 0 Å². The van der Waals surface area contributed by atoms with Gasteiger partial charge in [-0.25, -0.2) is 0 Å². The number of nitrogens with two attached hydrogens (primary N) is 1. The largest absolute Gasteiger partial charge is 0.372 e. The lowest BCUT2D eigenvalue weighted by Crippen LogP contribution is -2.48. The summed E-state index contributed by atoms with van der Waals surface area (Å²) in [5.74, 6) is 0.165. The van der Waals surface area contributed by atoms with E-state index >= 15 is 0 Å². The molecule has 2 N–H and O–H groups in total. The van der Waals surface area contributed by atoms with Gasteiger partial charge < -0.3 is 15.4 Å². The molecule has 2 atom stereocenters. The van der Waals surface area contributed by atoms with Crippen LogP contribution in [-0.4, -0.2) is 53.5 Å². The fourth-order valence-electron chi connectivity index (χ4n) is 1.71. The van der Waals surface area contributed by atoms with E-state index in [0.29, 0.717) is 18.8 Å². The average molecular weight is 246 g/mol. The maximum Gasteiger partial charge on any atom is 0.232 e. The molecule has 6 heteroatoms. The molecule has 1 saturated heterocycles. The molecule has 2 amide bonds. The van der Waals surface area contributed by atoms with Gasteiger partial charge in [-0.3, -0.25) is 9.59 Å². The normalized spacial score (nSPS) is 25.5. The Labute approximate surface area is 99.7 Å². The number of rotatable bonds is 4. The predicted molar refractivity (Wildman–Crippen MR) is 63.1 cm³/mol. The van der Waals surface area contributed by atoms with Crippen molar-refractivity contribution in [1.29, 1.82) is 0 Å². The van der Waals surface area contributed by atoms with Gasteiger partial charge in [0.2, 0.25) is 11.8 Å². The Kier molecular flexibility index (Phi) is 5.08. The number of carbonyl (C=O) groups is 2. The van der Waals surface area contributed by atoms with Crippen LogP contribution < -0.4 is 5.73 Å². The molecule has 0 unspecified atom stereocenters. The molecule has 0 spiro atoms. The number of thioether (sulfide) groups is 1. The minimum atomic E-state index is -0.387. The van der Waals surface area contributed by atoms with Crippen LogP contribution in [0.2, 0.25) is 0 Å². The van der Waals surface area contributed by atoms with E-state index in [4.69, 9.17) is 10.5 Å². The van der Waals surface area contributed by atoms with Crippen molar-refractivity contribution < 1.29 is 14.3 Å². The smallest absolute Gasteiger partial charge is 0.232 e. The highest BCUT2D eigenvalue weighted by molar-refractivity contribution is 8.00. The lowest BCUT2D eigenvalue weighted by atomic mass is 10.2. The van der Waals surface area contributed by atoms with Gasteiger partial charge in [-0.1, -0.05) is 0 Å². The Bertz CT molecular complexity index is 263. The maximum absolute atomic E-state index is 11.8. The summed E-state index contributed by atoms with van der Waals surface area (Å²) < 4.78 is 5.53. The molecule has 1 rings (SSSR count). The van der Waals surface area contributed by atoms with Gasteiger partial charge in [0.1, 0.15) is 0 Å². The second-order valence-electron chi connectivity index (χ2n) is 4.02. The van der Waals surface area contributed by atoms with Crippen molar-refractivity contribution in [2.45, 2.75) is 26.1 Å². The molecule has 16 heavy (non-hydrogen) atoms. The SMILES string of the molecule is C[C@@H]1CN(C(=O)CSCC(N)=O)C[C@H](C)O1. The fraction of sp³-hybridized carbons (Fsp3) is 0.800. The van der Waals surface area contributed by atoms with E-state index in [2.05, 4.69) is 0 Å². The Morgan fingerprint density at radius 3 is 2.38 bits per heavy atom. The Morgan fingerprint density at radius 2 is 1.88 bits per heavy atom. The van der Waals surface area contributed by atoms with Crippen LogP contribution in [0.5, 0.6) is 0 Å². The molecule has 1 aliphatic rings. The molecule has 0 aromatic carbocycles. The summed E-state index contributed by atoms with van der Waals surface area (Å²) in [5.41, 5.74) is 5.00. The van der Waals surface area contributed by atoms with Crippen molar-refractivity contribution in [3.8, 4) is 0 Å². The van der Waals surface area contributed by atoms with Gasteiger partial charge in [0.25, 0.3) is 0 Å². The first-order valence-electron chi connectivity index (χ1n) is 5.28. The molecule has 1 aliphatic heterocycles. The minimum absolute atomic E-state index is 0.0493. The van der Waals surface area contributed by atoms with Gasteiger partial charge in [0.15, 0.2) is 0 Å². The van der Waals surface area contributed by atoms with Gasteiger partial charge >= 0.3 is 0 Å². The van der Waals surface area contributed by atoms with Crippen LogP contribution >= 0.6 is 11.8 Å². The van der Waals surface area contributed by atoms with Crippen molar-refractivity contribution in [3.05, 3.63) is 0 Å².